The van der Waals surface area contributed by atoms with Gasteiger partial charge in [-0.3, -0.25) is 4.98 Å². The van der Waals surface area contributed by atoms with E-state index in [1.165, 1.54) is 18.5 Å². The van der Waals surface area contributed by atoms with Gasteiger partial charge in [-0.25, -0.2) is 9.97 Å². The minimum Gasteiger partial charge on any atom is -0.393 e. The molecule has 0 saturated carbocycles. The number of nitrogens with zero attached hydrogens (tertiary/aromatic N) is 3. The van der Waals surface area contributed by atoms with Gasteiger partial charge in [0, 0.05) is 22.5 Å². The van der Waals surface area contributed by atoms with Crippen molar-refractivity contribution in [1.82, 2.24) is 15.0 Å². The van der Waals surface area contributed by atoms with Crippen LogP contribution in [0.15, 0.2) is 60.9 Å². The highest BCUT2D eigenvalue weighted by Crippen LogP contribution is 2.33. The summed E-state index contributed by atoms with van der Waals surface area (Å²) in [5.41, 5.74) is 8.26. The third-order valence-corrected chi connectivity index (χ3v) is 4.46. The third-order valence-electron chi connectivity index (χ3n) is 4.46. The van der Waals surface area contributed by atoms with Crippen molar-refractivity contribution in [2.75, 3.05) is 16.4 Å². The number of rotatable bonds is 4. The fourth-order valence-electron chi connectivity index (χ4n) is 3.00. The predicted molar refractivity (Wildman–Crippen MR) is 111 cm³/mol. The number of nitrogen functional groups attached to an aromatic ring is 1. The molecule has 0 atom stereocenters. The molecule has 2 aromatic heterocycles. The Morgan fingerprint density at radius 3 is 2.40 bits per heavy atom. The summed E-state index contributed by atoms with van der Waals surface area (Å²) in [4.78, 5) is 12.7. The molecule has 30 heavy (non-hydrogen) atoms. The van der Waals surface area contributed by atoms with E-state index in [1.54, 1.807) is 0 Å². The molecule has 4 N–H and O–H groups in total. The van der Waals surface area contributed by atoms with Crippen molar-refractivity contribution in [3.63, 3.8) is 0 Å². The fourth-order valence-corrected chi connectivity index (χ4v) is 3.00. The van der Waals surface area contributed by atoms with Crippen molar-refractivity contribution in [2.45, 2.75) is 13.1 Å². The van der Waals surface area contributed by atoms with E-state index in [0.717, 1.165) is 34.4 Å². The van der Waals surface area contributed by atoms with Gasteiger partial charge in [-0.15, -0.1) is 0 Å². The minimum atomic E-state index is -4.44. The van der Waals surface area contributed by atoms with Gasteiger partial charge in [0.05, 0.1) is 11.1 Å². The van der Waals surface area contributed by atoms with Crippen LogP contribution in [0.2, 0.25) is 0 Å². The molecule has 0 bridgehead atoms. The number of hydrogen-bond acceptors (Lipinski definition) is 6. The number of aromatic nitrogens is 3. The molecule has 6 nitrogen and oxygen atoms in total. The summed E-state index contributed by atoms with van der Waals surface area (Å²) in [5.74, 6) is 0.522. The zero-order valence-corrected chi connectivity index (χ0v) is 15.8. The monoisotopic (exact) mass is 410 g/mol. The second-order valence-corrected chi connectivity index (χ2v) is 6.64. The van der Waals surface area contributed by atoms with E-state index in [2.05, 4.69) is 25.6 Å². The van der Waals surface area contributed by atoms with Crippen LogP contribution < -0.4 is 16.4 Å². The number of fused-ring (bicyclic) bond motifs is 1. The lowest BCUT2D eigenvalue weighted by Gasteiger charge is -2.14. The Morgan fingerprint density at radius 1 is 0.900 bits per heavy atom. The normalized spacial score (nSPS) is 11.5. The molecule has 0 amide bonds. The van der Waals surface area contributed by atoms with Gasteiger partial charge < -0.3 is 16.4 Å². The van der Waals surface area contributed by atoms with Crippen LogP contribution in [0.5, 0.6) is 0 Å². The molecule has 0 aliphatic carbocycles. The third kappa shape index (κ3) is 3.95. The van der Waals surface area contributed by atoms with Crippen LogP contribution in [0.3, 0.4) is 0 Å². The maximum absolute atomic E-state index is 13.0. The largest absolute Gasteiger partial charge is 0.416 e. The van der Waals surface area contributed by atoms with Crippen LogP contribution in [0.25, 0.3) is 10.9 Å². The number of aryl methyl sites for hydroxylation is 1. The molecule has 0 unspecified atom stereocenters. The molecule has 0 aliphatic rings. The smallest absolute Gasteiger partial charge is 0.393 e. The SMILES string of the molecule is Cc1ccc2c(Nc3ncnc(Nc4cccc(C(F)(F)F)c4)c3N)cccc2n1. The van der Waals surface area contributed by atoms with E-state index >= 15 is 0 Å². The first-order chi connectivity index (χ1) is 14.3. The zero-order chi connectivity index (χ0) is 21.3. The predicted octanol–water partition coefficient (Wildman–Crippen LogP) is 5.42. The van der Waals surface area contributed by atoms with E-state index in [9.17, 15) is 13.2 Å². The zero-order valence-electron chi connectivity index (χ0n) is 15.8. The van der Waals surface area contributed by atoms with Crippen molar-refractivity contribution < 1.29 is 13.2 Å². The van der Waals surface area contributed by atoms with Crippen LogP contribution in [0.4, 0.5) is 41.9 Å². The lowest BCUT2D eigenvalue weighted by molar-refractivity contribution is -0.137. The number of pyridine rings is 1. The summed E-state index contributed by atoms with van der Waals surface area (Å²) >= 11 is 0. The first kappa shape index (κ1) is 19.4. The Hall–Kier alpha value is -3.88. The fraction of sp³-hybridized carbons (Fsp3) is 0.0952. The van der Waals surface area contributed by atoms with Gasteiger partial charge in [-0.05, 0) is 49.4 Å². The lowest BCUT2D eigenvalue weighted by atomic mass is 10.1. The summed E-state index contributed by atoms with van der Waals surface area (Å²) in [6, 6.07) is 14.3. The summed E-state index contributed by atoms with van der Waals surface area (Å²) in [6.07, 6.45) is -3.16. The molecule has 0 spiro atoms. The van der Waals surface area contributed by atoms with Crippen LogP contribution in [0.1, 0.15) is 11.3 Å². The number of nitrogens with one attached hydrogen (secondary N) is 2. The summed E-state index contributed by atoms with van der Waals surface area (Å²) in [7, 11) is 0. The van der Waals surface area contributed by atoms with Crippen molar-refractivity contribution >= 4 is 39.6 Å². The highest BCUT2D eigenvalue weighted by Gasteiger charge is 2.30. The number of anilines is 5. The Labute approximate surface area is 170 Å². The number of halogens is 3. The number of hydrogen-bond donors (Lipinski definition) is 3. The van der Waals surface area contributed by atoms with Crippen LogP contribution in [-0.2, 0) is 6.18 Å². The van der Waals surface area contributed by atoms with E-state index in [1.807, 2.05) is 37.3 Å². The van der Waals surface area contributed by atoms with E-state index in [-0.39, 0.29) is 17.2 Å². The molecule has 4 aromatic rings. The van der Waals surface area contributed by atoms with E-state index in [0.29, 0.717) is 5.82 Å². The van der Waals surface area contributed by atoms with Gasteiger partial charge in [0.25, 0.3) is 0 Å². The average molecular weight is 410 g/mol. The second kappa shape index (κ2) is 7.51. The Kier molecular flexibility index (Phi) is 4.86. The first-order valence-electron chi connectivity index (χ1n) is 8.99. The van der Waals surface area contributed by atoms with Crippen molar-refractivity contribution in [2.24, 2.45) is 0 Å². The molecule has 0 radical (unpaired) electrons. The highest BCUT2D eigenvalue weighted by molar-refractivity contribution is 5.94. The molecule has 2 heterocycles. The van der Waals surface area contributed by atoms with Gasteiger partial charge in [-0.2, -0.15) is 13.2 Å². The Morgan fingerprint density at radius 2 is 1.63 bits per heavy atom. The topological polar surface area (TPSA) is 88.8 Å². The molecule has 152 valence electrons. The standard InChI is InChI=1S/C21H17F3N6/c1-12-8-9-15-16(28-12)6-3-7-17(15)30-20-18(25)19(26-11-27-20)29-14-5-2-4-13(10-14)21(22,23)24/h2-11H,25H2,1H3,(H2,26,27,29,30). The minimum absolute atomic E-state index is 0.173. The molecule has 0 fully saturated rings. The number of nitrogens with two attached hydrogens (primary N) is 1. The van der Waals surface area contributed by atoms with Crippen molar-refractivity contribution in [3.05, 3.63) is 72.2 Å². The molecular weight excluding hydrogens is 393 g/mol. The Balaban J connectivity index is 1.65. The van der Waals surface area contributed by atoms with Crippen molar-refractivity contribution in [1.29, 1.82) is 0 Å². The van der Waals surface area contributed by atoms with Gasteiger partial charge in [0.2, 0.25) is 0 Å². The summed E-state index contributed by atoms with van der Waals surface area (Å²) < 4.78 is 38.9. The van der Waals surface area contributed by atoms with Crippen LogP contribution >= 0.6 is 0 Å². The van der Waals surface area contributed by atoms with E-state index in [4.69, 9.17) is 5.73 Å². The van der Waals surface area contributed by atoms with Gasteiger partial charge in [0.1, 0.15) is 12.0 Å². The molecule has 0 saturated heterocycles. The second-order valence-electron chi connectivity index (χ2n) is 6.64. The van der Waals surface area contributed by atoms with Crippen LogP contribution in [-0.4, -0.2) is 15.0 Å². The summed E-state index contributed by atoms with van der Waals surface area (Å²) in [5, 5.41) is 6.87. The maximum atomic E-state index is 13.0. The number of benzene rings is 2. The molecule has 9 heteroatoms. The summed E-state index contributed by atoms with van der Waals surface area (Å²) in [6.45, 7) is 1.91. The number of alkyl halides is 3. The van der Waals surface area contributed by atoms with Crippen LogP contribution in [0, 0.1) is 6.92 Å². The molecule has 0 aliphatic heterocycles. The maximum Gasteiger partial charge on any atom is 0.416 e. The molecule has 4 rings (SSSR count). The Bertz CT molecular complexity index is 1220. The van der Waals surface area contributed by atoms with E-state index < -0.39 is 11.7 Å². The quantitative estimate of drug-likeness (QED) is 0.416. The molecular formula is C21H17F3N6. The van der Waals surface area contributed by atoms with Gasteiger partial charge in [-0.1, -0.05) is 12.1 Å². The van der Waals surface area contributed by atoms with Gasteiger partial charge in [0.15, 0.2) is 11.6 Å². The van der Waals surface area contributed by atoms with Crippen molar-refractivity contribution in [3.8, 4) is 0 Å². The van der Waals surface area contributed by atoms with Gasteiger partial charge >= 0.3 is 6.18 Å². The lowest BCUT2D eigenvalue weighted by Crippen LogP contribution is -2.07. The molecule has 2 aromatic carbocycles. The highest BCUT2D eigenvalue weighted by atomic mass is 19.4. The average Bonchev–Trinajstić information content (AvgIpc) is 2.70. The first-order valence-corrected chi connectivity index (χ1v) is 8.99.